The number of carbonyl (C=O) groups excluding carboxylic acids is 1. The van der Waals surface area contributed by atoms with Gasteiger partial charge in [-0.05, 0) is 42.7 Å². The minimum Gasteiger partial charge on any atom is -0.496 e. The number of rotatable bonds is 8. The summed E-state index contributed by atoms with van der Waals surface area (Å²) in [6.45, 7) is 3.92. The van der Waals surface area contributed by atoms with Crippen molar-refractivity contribution in [3.05, 3.63) is 96.2 Å². The third kappa shape index (κ3) is 6.59. The van der Waals surface area contributed by atoms with Crippen molar-refractivity contribution in [3.8, 4) is 5.75 Å². The largest absolute Gasteiger partial charge is 0.496 e. The van der Waals surface area contributed by atoms with Crippen molar-refractivity contribution < 1.29 is 19.4 Å². The molecule has 0 bridgehead atoms. The molecule has 3 fully saturated rings. The molecule has 1 aliphatic heterocycles. The van der Waals surface area contributed by atoms with Gasteiger partial charge in [0, 0.05) is 57.2 Å². The van der Waals surface area contributed by atoms with Gasteiger partial charge in [-0.25, -0.2) is 8.42 Å². The van der Waals surface area contributed by atoms with Crippen LogP contribution in [0.5, 0.6) is 5.75 Å². The summed E-state index contributed by atoms with van der Waals surface area (Å²) in [7, 11) is -2.44. The SMILES string of the molecule is C1CCC1.COc1cc(NS(=O)(=O)c2cccc3cccnc23)ccc1C(=O)N1CCN(CC2(c3ccccc3)CC2)CC1.[HH]. The van der Waals surface area contributed by atoms with Crippen LogP contribution in [0, 0.1) is 0 Å². The van der Waals surface area contributed by atoms with Gasteiger partial charge in [-0.15, -0.1) is 0 Å². The van der Waals surface area contributed by atoms with Crippen molar-refractivity contribution in [2.45, 2.75) is 48.8 Å². The number of anilines is 1. The quantitative estimate of drug-likeness (QED) is 0.249. The molecular formula is C35H42N4O4S. The van der Waals surface area contributed by atoms with E-state index in [9.17, 15) is 13.2 Å². The fourth-order valence-corrected chi connectivity index (χ4v) is 7.10. The number of carbonyl (C=O) groups is 1. The Morgan fingerprint density at radius 3 is 2.27 bits per heavy atom. The molecule has 2 saturated carbocycles. The zero-order valence-corrected chi connectivity index (χ0v) is 26.1. The predicted octanol–water partition coefficient (Wildman–Crippen LogP) is 6.34. The van der Waals surface area contributed by atoms with E-state index in [-0.39, 0.29) is 17.6 Å². The Morgan fingerprint density at radius 1 is 0.909 bits per heavy atom. The van der Waals surface area contributed by atoms with Crippen LogP contribution < -0.4 is 9.46 Å². The zero-order valence-electron chi connectivity index (χ0n) is 25.2. The summed E-state index contributed by atoms with van der Waals surface area (Å²) < 4.78 is 34.6. The summed E-state index contributed by atoms with van der Waals surface area (Å²) >= 11 is 0. The number of ether oxygens (including phenoxy) is 1. The van der Waals surface area contributed by atoms with Gasteiger partial charge in [0.2, 0.25) is 0 Å². The van der Waals surface area contributed by atoms with E-state index in [0.29, 0.717) is 35.6 Å². The van der Waals surface area contributed by atoms with Gasteiger partial charge in [-0.3, -0.25) is 19.4 Å². The second-order valence-electron chi connectivity index (χ2n) is 12.0. The van der Waals surface area contributed by atoms with Crippen molar-refractivity contribution in [1.29, 1.82) is 0 Å². The van der Waals surface area contributed by atoms with E-state index in [2.05, 4.69) is 44.9 Å². The minimum atomic E-state index is -3.92. The lowest BCUT2D eigenvalue weighted by molar-refractivity contribution is 0.0622. The van der Waals surface area contributed by atoms with E-state index < -0.39 is 10.0 Å². The number of nitrogens with one attached hydrogen (secondary N) is 1. The third-order valence-electron chi connectivity index (χ3n) is 8.99. The molecule has 9 heteroatoms. The van der Waals surface area contributed by atoms with Gasteiger partial charge in [0.1, 0.15) is 10.6 Å². The number of methoxy groups -OCH3 is 1. The summed E-state index contributed by atoms with van der Waals surface area (Å²) in [5, 5.41) is 0.733. The zero-order chi connectivity index (χ0) is 30.6. The summed E-state index contributed by atoms with van der Waals surface area (Å²) in [4.78, 5) is 22.1. The van der Waals surface area contributed by atoms with E-state index in [4.69, 9.17) is 4.74 Å². The van der Waals surface area contributed by atoms with Crippen molar-refractivity contribution in [2.24, 2.45) is 0 Å². The van der Waals surface area contributed by atoms with E-state index in [1.807, 2.05) is 17.0 Å². The highest BCUT2D eigenvalue weighted by atomic mass is 32.2. The van der Waals surface area contributed by atoms with Crippen LogP contribution in [0.15, 0.2) is 90.0 Å². The van der Waals surface area contributed by atoms with Gasteiger partial charge in [0.25, 0.3) is 15.9 Å². The topological polar surface area (TPSA) is 91.8 Å². The number of amides is 1. The van der Waals surface area contributed by atoms with Crippen LogP contribution in [0.2, 0.25) is 0 Å². The Bertz CT molecular complexity index is 1710. The summed E-state index contributed by atoms with van der Waals surface area (Å²) in [6.07, 6.45) is 9.98. The Hall–Kier alpha value is -3.95. The summed E-state index contributed by atoms with van der Waals surface area (Å²) in [5.74, 6) is 0.207. The van der Waals surface area contributed by atoms with Crippen LogP contribution >= 0.6 is 0 Å². The standard InChI is InChI=1S/C31H32N4O4S.C4H8.H2/c1-39-27-21-25(33-40(37,38)28-11-5-7-23-8-6-16-32-29(23)28)12-13-26(27)30(36)35-19-17-34(18-20-35)22-31(14-15-31)24-9-3-2-4-10-24;1-2-4-3-1;/h2-13,16,21,33H,14-15,17-20,22H2,1H3;1-4H2;1H. The number of fused-ring (bicyclic) bond motifs is 1. The minimum absolute atomic E-state index is 0. The number of piperazine rings is 1. The summed E-state index contributed by atoms with van der Waals surface area (Å²) in [6, 6.07) is 24.1. The van der Waals surface area contributed by atoms with E-state index in [0.717, 1.165) is 25.0 Å². The van der Waals surface area contributed by atoms with E-state index >= 15 is 0 Å². The molecule has 1 amide bonds. The maximum absolute atomic E-state index is 13.5. The molecule has 3 aromatic carbocycles. The second-order valence-corrected chi connectivity index (χ2v) is 13.6. The predicted molar refractivity (Wildman–Crippen MR) is 176 cm³/mol. The number of hydrogen-bond donors (Lipinski definition) is 1. The molecule has 0 atom stereocenters. The number of hydrogen-bond acceptors (Lipinski definition) is 6. The Labute approximate surface area is 261 Å². The van der Waals surface area contributed by atoms with E-state index in [1.165, 1.54) is 57.3 Å². The monoisotopic (exact) mass is 614 g/mol. The van der Waals surface area contributed by atoms with Crippen molar-refractivity contribution in [1.82, 2.24) is 14.8 Å². The lowest BCUT2D eigenvalue weighted by Gasteiger charge is -2.37. The Balaban J connectivity index is 0.000000743. The highest BCUT2D eigenvalue weighted by molar-refractivity contribution is 7.93. The molecule has 8 nitrogen and oxygen atoms in total. The molecule has 3 aliphatic rings. The van der Waals surface area contributed by atoms with Gasteiger partial charge in [-0.2, -0.15) is 0 Å². The molecule has 44 heavy (non-hydrogen) atoms. The maximum atomic E-state index is 13.5. The number of sulfonamides is 1. The molecule has 1 aromatic heterocycles. The molecule has 0 radical (unpaired) electrons. The van der Waals surface area contributed by atoms with Crippen molar-refractivity contribution in [3.63, 3.8) is 0 Å². The first kappa shape index (κ1) is 30.1. The smallest absolute Gasteiger partial charge is 0.264 e. The number of pyridine rings is 1. The fraction of sp³-hybridized carbons (Fsp3) is 0.371. The number of benzene rings is 3. The molecular weight excluding hydrogens is 572 g/mol. The highest BCUT2D eigenvalue weighted by Crippen LogP contribution is 2.48. The third-order valence-corrected chi connectivity index (χ3v) is 10.4. The molecule has 1 saturated heterocycles. The average Bonchev–Trinajstić information content (AvgIpc) is 3.80. The molecule has 4 aromatic rings. The molecule has 2 heterocycles. The number of nitrogens with zero attached hydrogens (tertiary/aromatic N) is 3. The van der Waals surface area contributed by atoms with Gasteiger partial charge in [-0.1, -0.05) is 74.2 Å². The van der Waals surface area contributed by atoms with Crippen LogP contribution in [0.4, 0.5) is 5.69 Å². The second kappa shape index (κ2) is 13.0. The molecule has 0 unspecified atom stereocenters. The average molecular weight is 615 g/mol. The fourth-order valence-electron chi connectivity index (χ4n) is 5.87. The molecule has 0 spiro atoms. The normalized spacial score (nSPS) is 17.6. The van der Waals surface area contributed by atoms with Crippen LogP contribution in [0.25, 0.3) is 10.9 Å². The Morgan fingerprint density at radius 2 is 1.61 bits per heavy atom. The number of aromatic nitrogens is 1. The van der Waals surface area contributed by atoms with Gasteiger partial charge < -0.3 is 9.64 Å². The lowest BCUT2D eigenvalue weighted by Crippen LogP contribution is -2.50. The molecule has 232 valence electrons. The summed E-state index contributed by atoms with van der Waals surface area (Å²) in [5.41, 5.74) is 2.77. The van der Waals surface area contributed by atoms with Gasteiger partial charge in [0.15, 0.2) is 0 Å². The van der Waals surface area contributed by atoms with Crippen LogP contribution in [0.1, 0.15) is 55.9 Å². The van der Waals surface area contributed by atoms with Gasteiger partial charge in [0.05, 0.1) is 23.9 Å². The van der Waals surface area contributed by atoms with Gasteiger partial charge >= 0.3 is 0 Å². The first-order valence-corrected chi connectivity index (χ1v) is 17.0. The first-order valence-electron chi connectivity index (χ1n) is 15.5. The first-order chi connectivity index (χ1) is 21.4. The molecule has 7 rings (SSSR count). The molecule has 2 aliphatic carbocycles. The van der Waals surface area contributed by atoms with E-state index in [1.54, 1.807) is 36.5 Å². The number of para-hydroxylation sites is 1. The van der Waals surface area contributed by atoms with Crippen LogP contribution in [-0.2, 0) is 15.4 Å². The van der Waals surface area contributed by atoms with Crippen LogP contribution in [-0.4, -0.2) is 68.9 Å². The van der Waals surface area contributed by atoms with Crippen molar-refractivity contribution in [2.75, 3.05) is 44.6 Å². The van der Waals surface area contributed by atoms with Crippen molar-refractivity contribution >= 4 is 32.5 Å². The highest BCUT2D eigenvalue weighted by Gasteiger charge is 2.45. The van der Waals surface area contributed by atoms with Crippen LogP contribution in [0.3, 0.4) is 0 Å². The Kier molecular flexibility index (Phi) is 8.86. The lowest BCUT2D eigenvalue weighted by atomic mass is 9.95. The molecule has 1 N–H and O–H groups in total. The maximum Gasteiger partial charge on any atom is 0.264 e.